The third-order valence-corrected chi connectivity index (χ3v) is 3.41. The van der Waals surface area contributed by atoms with Crippen molar-refractivity contribution in [1.82, 2.24) is 5.32 Å². The second-order valence-corrected chi connectivity index (χ2v) is 4.55. The molecule has 0 fully saturated rings. The Morgan fingerprint density at radius 3 is 3.16 bits per heavy atom. The van der Waals surface area contributed by atoms with Crippen LogP contribution in [0.5, 0.6) is 0 Å². The first-order valence-electron chi connectivity index (χ1n) is 6.18. The summed E-state index contributed by atoms with van der Waals surface area (Å²) < 4.78 is 13.2. The molecular formula is C13H14FN5. The van der Waals surface area contributed by atoms with Gasteiger partial charge < -0.3 is 0 Å². The van der Waals surface area contributed by atoms with Gasteiger partial charge in [0.05, 0.1) is 6.07 Å². The van der Waals surface area contributed by atoms with Crippen LogP contribution in [0, 0.1) is 17.1 Å². The summed E-state index contributed by atoms with van der Waals surface area (Å²) in [7, 11) is 0. The summed E-state index contributed by atoms with van der Waals surface area (Å²) >= 11 is 0. The second-order valence-electron chi connectivity index (χ2n) is 4.55. The van der Waals surface area contributed by atoms with E-state index in [-0.39, 0.29) is 5.82 Å². The van der Waals surface area contributed by atoms with E-state index < -0.39 is 5.54 Å². The quantitative estimate of drug-likeness (QED) is 0.381. The van der Waals surface area contributed by atoms with E-state index in [9.17, 15) is 9.65 Å². The van der Waals surface area contributed by atoms with Gasteiger partial charge in [-0.1, -0.05) is 11.2 Å². The number of nitriles is 1. The lowest BCUT2D eigenvalue weighted by Gasteiger charge is -2.23. The minimum Gasteiger partial charge on any atom is -0.296 e. The van der Waals surface area contributed by atoms with Gasteiger partial charge >= 0.3 is 0 Å². The lowest BCUT2D eigenvalue weighted by molar-refractivity contribution is 0.422. The summed E-state index contributed by atoms with van der Waals surface area (Å²) in [6.45, 7) is 0.991. The molecule has 0 spiro atoms. The van der Waals surface area contributed by atoms with Crippen LogP contribution in [0.25, 0.3) is 10.4 Å². The van der Waals surface area contributed by atoms with Crippen molar-refractivity contribution in [2.75, 3.05) is 13.1 Å². The van der Waals surface area contributed by atoms with Gasteiger partial charge in [0.15, 0.2) is 0 Å². The third kappa shape index (κ3) is 2.68. The Bertz CT molecular complexity index is 559. The zero-order valence-corrected chi connectivity index (χ0v) is 10.4. The zero-order valence-electron chi connectivity index (χ0n) is 10.4. The minimum atomic E-state index is -0.737. The number of hydrogen-bond donors (Lipinski definition) is 1. The second kappa shape index (κ2) is 5.70. The molecule has 0 bridgehead atoms. The SMILES string of the molecule is N#CC1(NCCCN=[N+]=[N-])CCc2cc(F)ccc21. The molecule has 2 rings (SSSR count). The van der Waals surface area contributed by atoms with Crippen LogP contribution in [-0.2, 0) is 12.0 Å². The third-order valence-electron chi connectivity index (χ3n) is 3.41. The van der Waals surface area contributed by atoms with Crippen molar-refractivity contribution < 1.29 is 4.39 Å². The number of nitrogens with one attached hydrogen (secondary N) is 1. The fourth-order valence-electron chi connectivity index (χ4n) is 2.48. The number of hydrogen-bond acceptors (Lipinski definition) is 3. The molecule has 0 aliphatic heterocycles. The molecule has 1 atom stereocenters. The molecule has 1 aromatic rings. The maximum atomic E-state index is 13.2. The van der Waals surface area contributed by atoms with E-state index >= 15 is 0 Å². The Balaban J connectivity index is 2.09. The lowest BCUT2D eigenvalue weighted by atomic mass is 9.93. The van der Waals surface area contributed by atoms with Crippen LogP contribution in [0.15, 0.2) is 23.3 Å². The highest BCUT2D eigenvalue weighted by molar-refractivity contribution is 5.43. The number of nitrogens with zero attached hydrogens (tertiary/aromatic N) is 4. The van der Waals surface area contributed by atoms with Gasteiger partial charge in [-0.2, -0.15) is 5.26 Å². The summed E-state index contributed by atoms with van der Waals surface area (Å²) in [4.78, 5) is 2.68. The van der Waals surface area contributed by atoms with Crippen LogP contribution >= 0.6 is 0 Å². The highest BCUT2D eigenvalue weighted by atomic mass is 19.1. The van der Waals surface area contributed by atoms with Crippen molar-refractivity contribution in [3.63, 3.8) is 0 Å². The molecule has 1 aromatic carbocycles. The maximum absolute atomic E-state index is 13.2. The van der Waals surface area contributed by atoms with Crippen LogP contribution in [0.1, 0.15) is 24.0 Å². The fraction of sp³-hybridized carbons (Fsp3) is 0.462. The molecule has 1 aliphatic carbocycles. The predicted octanol–water partition coefficient (Wildman–Crippen LogP) is 2.78. The van der Waals surface area contributed by atoms with E-state index in [2.05, 4.69) is 21.4 Å². The van der Waals surface area contributed by atoms with Gasteiger partial charge in [0, 0.05) is 11.5 Å². The van der Waals surface area contributed by atoms with Gasteiger partial charge in [0.25, 0.3) is 0 Å². The summed E-state index contributed by atoms with van der Waals surface area (Å²) in [5, 5.41) is 16.1. The average molecular weight is 259 g/mol. The number of benzene rings is 1. The lowest BCUT2D eigenvalue weighted by Crippen LogP contribution is -2.39. The molecule has 0 heterocycles. The van der Waals surface area contributed by atoms with E-state index in [0.717, 1.165) is 11.1 Å². The molecule has 1 aliphatic rings. The standard InChI is InChI=1S/C13H14FN5/c14-11-2-3-12-10(8-11)4-5-13(12,9-15)17-6-1-7-18-19-16/h2-3,8,17H,1,4-7H2. The zero-order chi connectivity index (χ0) is 13.7. The van der Waals surface area contributed by atoms with Gasteiger partial charge in [-0.3, -0.25) is 5.32 Å². The number of azide groups is 1. The average Bonchev–Trinajstić information content (AvgIpc) is 2.77. The molecular weight excluding hydrogens is 245 g/mol. The van der Waals surface area contributed by atoms with Gasteiger partial charge in [-0.25, -0.2) is 4.39 Å². The number of rotatable bonds is 5. The van der Waals surface area contributed by atoms with Crippen LogP contribution in [0.4, 0.5) is 4.39 Å². The number of halogens is 1. The smallest absolute Gasteiger partial charge is 0.132 e. The summed E-state index contributed by atoms with van der Waals surface area (Å²) in [6, 6.07) is 6.87. The highest BCUT2D eigenvalue weighted by Gasteiger charge is 2.38. The molecule has 1 unspecified atom stereocenters. The van der Waals surface area contributed by atoms with E-state index in [1.807, 2.05) is 0 Å². The Morgan fingerprint density at radius 2 is 2.42 bits per heavy atom. The van der Waals surface area contributed by atoms with Crippen LogP contribution in [0.3, 0.4) is 0 Å². The summed E-state index contributed by atoms with van der Waals surface area (Å²) in [5.41, 5.74) is 9.20. The van der Waals surface area contributed by atoms with Crippen LogP contribution < -0.4 is 5.32 Å². The van der Waals surface area contributed by atoms with E-state index in [0.29, 0.717) is 32.4 Å². The molecule has 19 heavy (non-hydrogen) atoms. The van der Waals surface area contributed by atoms with Gasteiger partial charge in [0.2, 0.25) is 0 Å². The Labute approximate surface area is 110 Å². The molecule has 1 N–H and O–H groups in total. The molecule has 0 saturated heterocycles. The first-order valence-corrected chi connectivity index (χ1v) is 6.18. The molecule has 5 nitrogen and oxygen atoms in total. The normalized spacial score (nSPS) is 20.4. The van der Waals surface area contributed by atoms with Crippen molar-refractivity contribution >= 4 is 0 Å². The van der Waals surface area contributed by atoms with E-state index in [1.165, 1.54) is 12.1 Å². The van der Waals surface area contributed by atoms with Gasteiger partial charge in [0.1, 0.15) is 11.4 Å². The molecule has 0 amide bonds. The molecule has 0 radical (unpaired) electrons. The monoisotopic (exact) mass is 259 g/mol. The summed E-state index contributed by atoms with van der Waals surface area (Å²) in [6.07, 6.45) is 2.01. The topological polar surface area (TPSA) is 84.6 Å². The van der Waals surface area contributed by atoms with Crippen molar-refractivity contribution in [1.29, 1.82) is 5.26 Å². The van der Waals surface area contributed by atoms with Crippen LogP contribution in [0.2, 0.25) is 0 Å². The van der Waals surface area contributed by atoms with Crippen molar-refractivity contribution in [2.45, 2.75) is 24.8 Å². The molecule has 98 valence electrons. The summed E-state index contributed by atoms with van der Waals surface area (Å²) in [5.74, 6) is -0.268. The number of fused-ring (bicyclic) bond motifs is 1. The Morgan fingerprint density at radius 1 is 1.58 bits per heavy atom. The van der Waals surface area contributed by atoms with Gasteiger partial charge in [-0.15, -0.1) is 0 Å². The van der Waals surface area contributed by atoms with Crippen molar-refractivity contribution in [3.05, 3.63) is 45.6 Å². The Hall–Kier alpha value is -2.09. The molecule has 6 heteroatoms. The van der Waals surface area contributed by atoms with Crippen LogP contribution in [-0.4, -0.2) is 13.1 Å². The number of aryl methyl sites for hydroxylation is 1. The Kier molecular flexibility index (Phi) is 4.00. The van der Waals surface area contributed by atoms with Gasteiger partial charge in [-0.05, 0) is 54.6 Å². The largest absolute Gasteiger partial charge is 0.296 e. The van der Waals surface area contributed by atoms with Crippen molar-refractivity contribution in [2.24, 2.45) is 5.11 Å². The van der Waals surface area contributed by atoms with E-state index in [1.54, 1.807) is 6.07 Å². The van der Waals surface area contributed by atoms with Crippen molar-refractivity contribution in [3.8, 4) is 6.07 Å². The van der Waals surface area contributed by atoms with E-state index in [4.69, 9.17) is 5.53 Å². The fourth-order valence-corrected chi connectivity index (χ4v) is 2.48. The molecule has 0 aromatic heterocycles. The molecule has 0 saturated carbocycles. The highest BCUT2D eigenvalue weighted by Crippen LogP contribution is 2.36. The predicted molar refractivity (Wildman–Crippen MR) is 68.6 cm³/mol. The first kappa shape index (κ1) is 13.3. The first-order chi connectivity index (χ1) is 9.22. The minimum absolute atomic E-state index is 0.268. The maximum Gasteiger partial charge on any atom is 0.132 e.